The monoisotopic (exact) mass is 263 g/mol. The van der Waals surface area contributed by atoms with Crippen LogP contribution in [0, 0.1) is 0 Å². The lowest BCUT2D eigenvalue weighted by atomic mass is 10.1. The molecule has 1 atom stereocenters. The van der Waals surface area contributed by atoms with E-state index in [1.165, 1.54) is 12.1 Å². The fraction of sp³-hybridized carbons (Fsp3) is 0.333. The second kappa shape index (κ2) is 5.85. The molecule has 4 nitrogen and oxygen atoms in total. The number of halogens is 1. The molecule has 5 heteroatoms. The third-order valence-electron chi connectivity index (χ3n) is 1.78. The number of rotatable bonds is 3. The molecule has 0 unspecified atom stereocenters. The molecule has 0 spiro atoms. The first-order valence-electron chi connectivity index (χ1n) is 3.99. The number of nitrogens with one attached hydrogen (secondary N) is 1. The molecule has 0 aliphatic carbocycles. The summed E-state index contributed by atoms with van der Waals surface area (Å²) in [6, 6.07) is 4.26. The van der Waals surface area contributed by atoms with Crippen LogP contribution in [0.2, 0.25) is 0 Å². The van der Waals surface area contributed by atoms with Crippen molar-refractivity contribution in [2.24, 2.45) is 0 Å². The molecule has 1 rings (SSSR count). The van der Waals surface area contributed by atoms with E-state index in [2.05, 4.69) is 5.32 Å². The summed E-state index contributed by atoms with van der Waals surface area (Å²) >= 11 is 0. The van der Waals surface area contributed by atoms with Crippen molar-refractivity contribution >= 4 is 17.0 Å². The zero-order chi connectivity index (χ0) is 9.84. The molecule has 14 heavy (non-hydrogen) atoms. The number of hydrogen-bond acceptors (Lipinski definition) is 4. The first-order valence-corrected chi connectivity index (χ1v) is 3.99. The minimum Gasteiger partial charge on any atom is -0.504 e. The van der Waals surface area contributed by atoms with E-state index in [1.807, 2.05) is 0 Å². The van der Waals surface area contributed by atoms with Crippen molar-refractivity contribution < 1.29 is 15.3 Å². The van der Waals surface area contributed by atoms with Crippen molar-refractivity contribution in [3.8, 4) is 11.5 Å². The Kier molecular flexibility index (Phi) is 5.52. The van der Waals surface area contributed by atoms with Gasteiger partial charge in [-0.05, 0) is 24.7 Å². The summed E-state index contributed by atoms with van der Waals surface area (Å²) in [5.41, 5.74) is 0.574. The van der Waals surface area contributed by atoms with Crippen molar-refractivity contribution in [3.05, 3.63) is 23.8 Å². The van der Waals surface area contributed by atoms with Crippen LogP contribution in [-0.4, -0.2) is 28.9 Å². The molecule has 0 bridgehead atoms. The largest absolute Gasteiger partial charge is 0.504 e. The van der Waals surface area contributed by atoms with Gasteiger partial charge in [0, 0.05) is 6.54 Å². The van der Waals surface area contributed by atoms with Crippen LogP contribution in [-0.2, 0) is 0 Å². The number of phenolic OH excluding ortho intramolecular Hbond substituents is 2. The van der Waals surface area contributed by atoms with E-state index in [4.69, 9.17) is 10.2 Å². The van der Waals surface area contributed by atoms with Crippen molar-refractivity contribution in [2.75, 3.05) is 13.6 Å². The van der Waals surface area contributed by atoms with E-state index in [0.29, 0.717) is 12.1 Å². The molecule has 1 aromatic rings. The molecular formula is C9H14BrNO3. The highest BCUT2D eigenvalue weighted by Gasteiger charge is 2.08. The predicted octanol–water partition coefficient (Wildman–Crippen LogP) is 0.928. The highest BCUT2D eigenvalue weighted by atomic mass is 79.9. The summed E-state index contributed by atoms with van der Waals surface area (Å²) in [7, 11) is 1.73. The van der Waals surface area contributed by atoms with E-state index in [-0.39, 0.29) is 28.5 Å². The normalized spacial score (nSPS) is 11.9. The number of phenols is 2. The molecule has 0 saturated heterocycles. The Morgan fingerprint density at radius 3 is 2.43 bits per heavy atom. The minimum atomic E-state index is -0.670. The maximum Gasteiger partial charge on any atom is 0.157 e. The standard InChI is InChI=1S/C9H13NO3.BrH/c1-10-5-9(13)6-2-3-7(11)8(12)4-6;/h2-4,9-13H,5H2,1H3;1H/t9-;/m0./s1. The average Bonchev–Trinajstić information content (AvgIpc) is 2.10. The highest BCUT2D eigenvalue weighted by molar-refractivity contribution is 8.93. The lowest BCUT2D eigenvalue weighted by Gasteiger charge is -2.10. The van der Waals surface area contributed by atoms with Crippen molar-refractivity contribution in [1.29, 1.82) is 0 Å². The average molecular weight is 264 g/mol. The van der Waals surface area contributed by atoms with Crippen molar-refractivity contribution in [3.63, 3.8) is 0 Å². The van der Waals surface area contributed by atoms with Gasteiger partial charge in [-0.15, -0.1) is 17.0 Å². The molecule has 4 N–H and O–H groups in total. The number of benzene rings is 1. The maximum absolute atomic E-state index is 9.48. The van der Waals surface area contributed by atoms with Gasteiger partial charge in [-0.25, -0.2) is 0 Å². The second-order valence-electron chi connectivity index (χ2n) is 2.82. The molecule has 0 fully saturated rings. The first-order chi connectivity index (χ1) is 6.15. The summed E-state index contributed by atoms with van der Waals surface area (Å²) in [4.78, 5) is 0. The molecule has 0 amide bonds. The Labute approximate surface area is 93.0 Å². The van der Waals surface area contributed by atoms with Crippen LogP contribution in [0.1, 0.15) is 11.7 Å². The highest BCUT2D eigenvalue weighted by Crippen LogP contribution is 2.27. The van der Waals surface area contributed by atoms with E-state index >= 15 is 0 Å². The number of aliphatic hydroxyl groups excluding tert-OH is 1. The number of aromatic hydroxyl groups is 2. The van der Waals surface area contributed by atoms with Crippen LogP contribution < -0.4 is 5.32 Å². The summed E-state index contributed by atoms with van der Waals surface area (Å²) < 4.78 is 0. The second-order valence-corrected chi connectivity index (χ2v) is 2.82. The van der Waals surface area contributed by atoms with Crippen LogP contribution in [0.4, 0.5) is 0 Å². The van der Waals surface area contributed by atoms with E-state index in [1.54, 1.807) is 13.1 Å². The van der Waals surface area contributed by atoms with Gasteiger partial charge in [0.2, 0.25) is 0 Å². The van der Waals surface area contributed by atoms with Crippen molar-refractivity contribution in [2.45, 2.75) is 6.10 Å². The summed E-state index contributed by atoms with van der Waals surface area (Å²) in [5, 5.41) is 30.4. The van der Waals surface area contributed by atoms with Gasteiger partial charge in [0.25, 0.3) is 0 Å². The Bertz CT molecular complexity index is 293. The van der Waals surface area contributed by atoms with Crippen LogP contribution in [0.25, 0.3) is 0 Å². The molecule has 0 aliphatic rings. The summed E-state index contributed by atoms with van der Waals surface area (Å²) in [5.74, 6) is -0.395. The quantitative estimate of drug-likeness (QED) is 0.613. The summed E-state index contributed by atoms with van der Waals surface area (Å²) in [6.07, 6.45) is -0.670. The number of likely N-dealkylation sites (N-methyl/N-ethyl adjacent to an activating group) is 1. The summed E-state index contributed by atoms with van der Waals surface area (Å²) in [6.45, 7) is 0.407. The lowest BCUT2D eigenvalue weighted by molar-refractivity contribution is 0.177. The topological polar surface area (TPSA) is 72.7 Å². The Morgan fingerprint density at radius 2 is 1.93 bits per heavy atom. The Morgan fingerprint density at radius 1 is 1.29 bits per heavy atom. The van der Waals surface area contributed by atoms with Gasteiger partial charge in [-0.1, -0.05) is 6.07 Å². The molecule has 0 aromatic heterocycles. The maximum atomic E-state index is 9.48. The molecule has 0 radical (unpaired) electrons. The van der Waals surface area contributed by atoms with Gasteiger partial charge in [0.1, 0.15) is 0 Å². The SMILES string of the molecule is Br.CNC[C@H](O)c1ccc(O)c(O)c1. The van der Waals surface area contributed by atoms with E-state index in [9.17, 15) is 5.11 Å². The molecule has 0 aliphatic heterocycles. The van der Waals surface area contributed by atoms with E-state index < -0.39 is 6.10 Å². The van der Waals surface area contributed by atoms with Gasteiger partial charge < -0.3 is 20.6 Å². The third kappa shape index (κ3) is 3.17. The minimum absolute atomic E-state index is 0. The Balaban J connectivity index is 0.00000169. The number of aliphatic hydroxyl groups is 1. The zero-order valence-corrected chi connectivity index (χ0v) is 9.48. The van der Waals surface area contributed by atoms with E-state index in [0.717, 1.165) is 0 Å². The van der Waals surface area contributed by atoms with Gasteiger partial charge in [0.15, 0.2) is 11.5 Å². The molecule has 1 aromatic carbocycles. The number of hydrogen-bond donors (Lipinski definition) is 4. The lowest BCUT2D eigenvalue weighted by Crippen LogP contribution is -2.16. The Hall–Kier alpha value is -0.780. The first kappa shape index (κ1) is 13.2. The molecule has 0 saturated carbocycles. The fourth-order valence-electron chi connectivity index (χ4n) is 1.06. The van der Waals surface area contributed by atoms with Crippen LogP contribution in [0.15, 0.2) is 18.2 Å². The van der Waals surface area contributed by atoms with Crippen LogP contribution >= 0.6 is 17.0 Å². The van der Waals surface area contributed by atoms with Crippen LogP contribution in [0.5, 0.6) is 11.5 Å². The fourth-order valence-corrected chi connectivity index (χ4v) is 1.06. The van der Waals surface area contributed by atoms with Crippen LogP contribution in [0.3, 0.4) is 0 Å². The van der Waals surface area contributed by atoms with Crippen molar-refractivity contribution in [1.82, 2.24) is 5.32 Å². The van der Waals surface area contributed by atoms with Gasteiger partial charge >= 0.3 is 0 Å². The van der Waals surface area contributed by atoms with Gasteiger partial charge in [0.05, 0.1) is 6.10 Å². The zero-order valence-electron chi connectivity index (χ0n) is 7.77. The molecular weight excluding hydrogens is 250 g/mol. The molecule has 80 valence electrons. The predicted molar refractivity (Wildman–Crippen MR) is 59.0 cm³/mol. The van der Waals surface area contributed by atoms with Gasteiger partial charge in [-0.3, -0.25) is 0 Å². The molecule has 0 heterocycles. The third-order valence-corrected chi connectivity index (χ3v) is 1.78. The van der Waals surface area contributed by atoms with Gasteiger partial charge in [-0.2, -0.15) is 0 Å². The smallest absolute Gasteiger partial charge is 0.157 e.